The molecule has 0 spiro atoms. The first-order chi connectivity index (χ1) is 17.5. The lowest BCUT2D eigenvalue weighted by molar-refractivity contribution is 0.0766. The average Bonchev–Trinajstić information content (AvgIpc) is 3.11. The van der Waals surface area contributed by atoms with Crippen LogP contribution in [0.5, 0.6) is 0 Å². The molecule has 3 heterocycles. The number of hydrogen-bond donors (Lipinski definition) is 4. The van der Waals surface area contributed by atoms with Crippen molar-refractivity contribution < 1.29 is 4.79 Å². The van der Waals surface area contributed by atoms with Crippen LogP contribution in [-0.4, -0.2) is 56.9 Å². The molecule has 10 heteroatoms. The lowest BCUT2D eigenvalue weighted by atomic mass is 10.0. The van der Waals surface area contributed by atoms with Gasteiger partial charge in [0, 0.05) is 30.8 Å². The lowest BCUT2D eigenvalue weighted by Gasteiger charge is -2.20. The standard InChI is InChI=1S/C26H25N9O/c1-16(31-26-33-20-5-2-3-6-21(20)34-26)23-24(28)30-15-22(32-23)19-8-7-17(13-18(19)14-27)25(36)35-11-4-9-29-10-12-35/h2-3,5-8,13,15,29H,1,4,9-12H2,(H2,28,30)(H2,31,33,34). The van der Waals surface area contributed by atoms with Gasteiger partial charge >= 0.3 is 0 Å². The summed E-state index contributed by atoms with van der Waals surface area (Å²) >= 11 is 0. The average molecular weight is 480 g/mol. The summed E-state index contributed by atoms with van der Waals surface area (Å²) in [4.78, 5) is 31.4. The number of hydrogen-bond acceptors (Lipinski definition) is 8. The Morgan fingerprint density at radius 1 is 1.17 bits per heavy atom. The highest BCUT2D eigenvalue weighted by molar-refractivity contribution is 5.95. The Kier molecular flexibility index (Phi) is 6.30. The number of nitrogens with one attached hydrogen (secondary N) is 3. The molecule has 0 aliphatic carbocycles. The lowest BCUT2D eigenvalue weighted by Crippen LogP contribution is -2.34. The first kappa shape index (κ1) is 23.0. The molecule has 1 aliphatic rings. The monoisotopic (exact) mass is 479 g/mol. The SMILES string of the molecule is C=C(Nc1nc2ccccc2[nH]1)c1nc(-c2ccc(C(=O)N3CCCNCC3)cc2C#N)cnc1N. The van der Waals surface area contributed by atoms with Crippen molar-refractivity contribution >= 4 is 34.4 Å². The molecule has 1 fully saturated rings. The quantitative estimate of drug-likeness (QED) is 0.341. The van der Waals surface area contributed by atoms with Gasteiger partial charge in [0.1, 0.15) is 5.69 Å². The van der Waals surface area contributed by atoms with Crippen molar-refractivity contribution in [1.29, 1.82) is 5.26 Å². The normalized spacial score (nSPS) is 13.7. The maximum Gasteiger partial charge on any atom is 0.253 e. The Bertz CT molecular complexity index is 1460. The Hall–Kier alpha value is -4.75. The maximum absolute atomic E-state index is 13.0. The molecule has 180 valence electrons. The number of carbonyl (C=O) groups excluding carboxylic acids is 1. The highest BCUT2D eigenvalue weighted by Gasteiger charge is 2.20. The maximum atomic E-state index is 13.0. The largest absolute Gasteiger partial charge is 0.382 e. The molecule has 4 aromatic rings. The molecule has 10 nitrogen and oxygen atoms in total. The minimum absolute atomic E-state index is 0.0887. The second kappa shape index (κ2) is 9.85. The van der Waals surface area contributed by atoms with Crippen LogP contribution >= 0.6 is 0 Å². The number of para-hydroxylation sites is 2. The summed E-state index contributed by atoms with van der Waals surface area (Å²) in [5.74, 6) is 0.596. The van der Waals surface area contributed by atoms with Crippen molar-refractivity contribution in [1.82, 2.24) is 30.2 Å². The molecule has 0 radical (unpaired) electrons. The van der Waals surface area contributed by atoms with Gasteiger partial charge in [0.15, 0.2) is 5.82 Å². The van der Waals surface area contributed by atoms with Gasteiger partial charge in [-0.2, -0.15) is 5.26 Å². The number of imidazole rings is 1. The van der Waals surface area contributed by atoms with Crippen LogP contribution in [0.3, 0.4) is 0 Å². The van der Waals surface area contributed by atoms with E-state index in [0.29, 0.717) is 52.8 Å². The van der Waals surface area contributed by atoms with Gasteiger partial charge in [-0.3, -0.25) is 4.79 Å². The van der Waals surface area contributed by atoms with E-state index in [9.17, 15) is 10.1 Å². The van der Waals surface area contributed by atoms with Crippen LogP contribution in [0.25, 0.3) is 28.0 Å². The zero-order valence-corrected chi connectivity index (χ0v) is 19.6. The minimum Gasteiger partial charge on any atom is -0.382 e. The van der Waals surface area contributed by atoms with E-state index in [2.05, 4.69) is 43.2 Å². The van der Waals surface area contributed by atoms with Crippen LogP contribution in [0.4, 0.5) is 11.8 Å². The number of carbonyl (C=O) groups is 1. The third-order valence-corrected chi connectivity index (χ3v) is 6.04. The Balaban J connectivity index is 1.41. The number of nitriles is 1. The summed E-state index contributed by atoms with van der Waals surface area (Å²) in [5.41, 5.74) is 10.3. The van der Waals surface area contributed by atoms with Gasteiger partial charge in [-0.1, -0.05) is 24.8 Å². The van der Waals surface area contributed by atoms with E-state index < -0.39 is 0 Å². The van der Waals surface area contributed by atoms with Crippen LogP contribution in [0.2, 0.25) is 0 Å². The van der Waals surface area contributed by atoms with Gasteiger partial charge < -0.3 is 26.3 Å². The summed E-state index contributed by atoms with van der Waals surface area (Å²) in [6.07, 6.45) is 2.40. The number of nitrogens with zero attached hydrogens (tertiary/aromatic N) is 5. The number of rotatable bonds is 5. The van der Waals surface area contributed by atoms with Crippen molar-refractivity contribution in [2.75, 3.05) is 37.2 Å². The van der Waals surface area contributed by atoms with Crippen LogP contribution in [0.1, 0.15) is 28.0 Å². The van der Waals surface area contributed by atoms with E-state index in [-0.39, 0.29) is 11.7 Å². The zero-order valence-electron chi connectivity index (χ0n) is 19.6. The number of aromatic amines is 1. The van der Waals surface area contributed by atoms with Crippen molar-refractivity contribution in [3.8, 4) is 17.3 Å². The number of fused-ring (bicyclic) bond motifs is 1. The van der Waals surface area contributed by atoms with Gasteiger partial charge in [-0.15, -0.1) is 0 Å². The predicted molar refractivity (Wildman–Crippen MR) is 139 cm³/mol. The van der Waals surface area contributed by atoms with Gasteiger partial charge in [0.25, 0.3) is 5.91 Å². The number of benzene rings is 2. The molecule has 36 heavy (non-hydrogen) atoms. The minimum atomic E-state index is -0.0887. The Morgan fingerprint density at radius 2 is 2.03 bits per heavy atom. The molecular weight excluding hydrogens is 454 g/mol. The van der Waals surface area contributed by atoms with Crippen LogP contribution in [0, 0.1) is 11.3 Å². The molecule has 1 amide bonds. The van der Waals surface area contributed by atoms with Gasteiger partial charge in [-0.25, -0.2) is 15.0 Å². The third-order valence-electron chi connectivity index (χ3n) is 6.04. The Labute approximate surface area is 207 Å². The van der Waals surface area contributed by atoms with Gasteiger partial charge in [0.05, 0.1) is 40.3 Å². The summed E-state index contributed by atoms with van der Waals surface area (Å²) in [6, 6.07) is 14.9. The molecule has 1 aliphatic heterocycles. The highest BCUT2D eigenvalue weighted by Crippen LogP contribution is 2.27. The smallest absolute Gasteiger partial charge is 0.253 e. The summed E-state index contributed by atoms with van der Waals surface area (Å²) < 4.78 is 0. The fourth-order valence-corrected chi connectivity index (χ4v) is 4.19. The summed E-state index contributed by atoms with van der Waals surface area (Å²) in [6.45, 7) is 7.01. The molecule has 5 rings (SSSR count). The molecular formula is C26H25N9O. The topological polar surface area (TPSA) is 149 Å². The van der Waals surface area contributed by atoms with Crippen molar-refractivity contribution in [3.63, 3.8) is 0 Å². The number of amides is 1. The number of nitrogens with two attached hydrogens (primary N) is 1. The van der Waals surface area contributed by atoms with Crippen LogP contribution in [0.15, 0.2) is 55.2 Å². The van der Waals surface area contributed by atoms with E-state index >= 15 is 0 Å². The molecule has 0 atom stereocenters. The molecule has 0 saturated carbocycles. The van der Waals surface area contributed by atoms with E-state index in [0.717, 1.165) is 30.5 Å². The molecule has 5 N–H and O–H groups in total. The summed E-state index contributed by atoms with van der Waals surface area (Å²) in [7, 11) is 0. The number of aromatic nitrogens is 4. The zero-order chi connectivity index (χ0) is 25.1. The second-order valence-corrected chi connectivity index (χ2v) is 8.46. The van der Waals surface area contributed by atoms with Crippen molar-refractivity contribution in [3.05, 3.63) is 72.1 Å². The number of H-pyrrole nitrogens is 1. The molecule has 0 unspecified atom stereocenters. The molecule has 2 aromatic carbocycles. The second-order valence-electron chi connectivity index (χ2n) is 8.46. The Morgan fingerprint density at radius 3 is 2.86 bits per heavy atom. The number of nitrogen functional groups attached to an aromatic ring is 1. The first-order valence-corrected chi connectivity index (χ1v) is 11.6. The van der Waals surface area contributed by atoms with Crippen molar-refractivity contribution in [2.45, 2.75) is 6.42 Å². The highest BCUT2D eigenvalue weighted by atomic mass is 16.2. The fraction of sp³-hybridized carbons (Fsp3) is 0.192. The van der Waals surface area contributed by atoms with Gasteiger partial charge in [-0.05, 0) is 37.2 Å². The number of anilines is 2. The van der Waals surface area contributed by atoms with E-state index in [1.54, 1.807) is 18.2 Å². The summed E-state index contributed by atoms with van der Waals surface area (Å²) in [5, 5.41) is 16.2. The molecule has 2 aromatic heterocycles. The van der Waals surface area contributed by atoms with E-state index in [1.807, 2.05) is 29.2 Å². The van der Waals surface area contributed by atoms with Crippen molar-refractivity contribution in [2.24, 2.45) is 0 Å². The first-order valence-electron chi connectivity index (χ1n) is 11.6. The van der Waals surface area contributed by atoms with Crippen LogP contribution < -0.4 is 16.4 Å². The molecule has 1 saturated heterocycles. The predicted octanol–water partition coefficient (Wildman–Crippen LogP) is 2.99. The van der Waals surface area contributed by atoms with E-state index in [1.165, 1.54) is 6.20 Å². The van der Waals surface area contributed by atoms with Crippen LogP contribution in [-0.2, 0) is 0 Å². The fourth-order valence-electron chi connectivity index (χ4n) is 4.19. The third kappa shape index (κ3) is 4.60. The molecule has 0 bridgehead atoms. The van der Waals surface area contributed by atoms with E-state index in [4.69, 9.17) is 5.73 Å². The van der Waals surface area contributed by atoms with Gasteiger partial charge in [0.2, 0.25) is 5.95 Å².